The van der Waals surface area contributed by atoms with Crippen LogP contribution in [-0.2, 0) is 9.59 Å². The van der Waals surface area contributed by atoms with Gasteiger partial charge in [-0.1, -0.05) is 0 Å². The Morgan fingerprint density at radius 2 is 1.22 bits per heavy atom. The topological polar surface area (TPSA) is 74.6 Å². The zero-order chi connectivity index (χ0) is 6.57. The van der Waals surface area contributed by atoms with Crippen molar-refractivity contribution in [2.24, 2.45) is 0 Å². The monoisotopic (exact) mass is 246 g/mol. The minimum atomic E-state index is -1.08. The van der Waals surface area contributed by atoms with Gasteiger partial charge in [-0.05, 0) is 0 Å². The normalized spacial score (nSPS) is 7.56. The van der Waals surface area contributed by atoms with Gasteiger partial charge in [0, 0.05) is 0 Å². The number of carboxylic acids is 2. The van der Waals surface area contributed by atoms with Crippen molar-refractivity contribution in [2.45, 2.75) is 12.8 Å². The van der Waals surface area contributed by atoms with Crippen molar-refractivity contribution in [3.63, 3.8) is 0 Å². The molecular formula is C4H7IO4. The maximum atomic E-state index is 9.64. The molecule has 0 heterocycles. The molecule has 0 aliphatic rings. The van der Waals surface area contributed by atoms with Crippen molar-refractivity contribution in [2.75, 3.05) is 0 Å². The summed E-state index contributed by atoms with van der Waals surface area (Å²) >= 11 is 0. The fourth-order valence-electron chi connectivity index (χ4n) is 0.214. The zero-order valence-electron chi connectivity index (χ0n) is 4.53. The molecule has 0 amide bonds. The summed E-state index contributed by atoms with van der Waals surface area (Å²) in [7, 11) is 0. The molecule has 0 spiro atoms. The van der Waals surface area contributed by atoms with Crippen LogP contribution in [0.25, 0.3) is 0 Å². The van der Waals surface area contributed by atoms with Crippen LogP contribution in [-0.4, -0.2) is 22.2 Å². The Hall–Kier alpha value is -0.330. The van der Waals surface area contributed by atoms with Crippen LogP contribution < -0.4 is 0 Å². The van der Waals surface area contributed by atoms with Crippen LogP contribution in [0.3, 0.4) is 0 Å². The summed E-state index contributed by atoms with van der Waals surface area (Å²) in [4.78, 5) is 19.3. The Balaban J connectivity index is 0. The predicted molar refractivity (Wildman–Crippen MR) is 39.9 cm³/mol. The van der Waals surface area contributed by atoms with E-state index in [0.717, 1.165) is 0 Å². The largest absolute Gasteiger partial charge is 0.481 e. The Morgan fingerprint density at radius 1 is 1.00 bits per heavy atom. The average molecular weight is 246 g/mol. The molecule has 54 valence electrons. The van der Waals surface area contributed by atoms with Crippen LogP contribution in [0.2, 0.25) is 0 Å². The molecule has 0 aliphatic carbocycles. The van der Waals surface area contributed by atoms with E-state index in [1.807, 2.05) is 0 Å². The molecule has 0 unspecified atom stereocenters. The van der Waals surface area contributed by atoms with E-state index in [9.17, 15) is 9.59 Å². The van der Waals surface area contributed by atoms with Crippen LogP contribution in [0.15, 0.2) is 0 Å². The molecule has 2 N–H and O–H groups in total. The first-order chi connectivity index (χ1) is 3.63. The van der Waals surface area contributed by atoms with Crippen molar-refractivity contribution >= 4 is 35.9 Å². The van der Waals surface area contributed by atoms with Crippen LogP contribution in [0.5, 0.6) is 0 Å². The number of hydrogen-bond donors (Lipinski definition) is 2. The molecule has 0 fully saturated rings. The van der Waals surface area contributed by atoms with E-state index in [2.05, 4.69) is 0 Å². The van der Waals surface area contributed by atoms with E-state index in [4.69, 9.17) is 10.2 Å². The summed E-state index contributed by atoms with van der Waals surface area (Å²) in [6.45, 7) is 0. The van der Waals surface area contributed by atoms with Gasteiger partial charge in [-0.25, -0.2) is 0 Å². The van der Waals surface area contributed by atoms with E-state index < -0.39 is 11.9 Å². The first kappa shape index (κ1) is 11.5. The molecular weight excluding hydrogens is 239 g/mol. The number of aliphatic carboxylic acids is 2. The molecule has 0 aliphatic heterocycles. The Kier molecular flexibility index (Phi) is 7.39. The SMILES string of the molecule is I.O=C(O)CCC(=O)O. The number of rotatable bonds is 3. The third kappa shape index (κ3) is 11.3. The van der Waals surface area contributed by atoms with E-state index in [-0.39, 0.29) is 36.8 Å². The van der Waals surface area contributed by atoms with Gasteiger partial charge < -0.3 is 10.2 Å². The minimum Gasteiger partial charge on any atom is -0.481 e. The lowest BCUT2D eigenvalue weighted by Crippen LogP contribution is -2.00. The minimum absolute atomic E-state index is 0. The van der Waals surface area contributed by atoms with E-state index in [1.165, 1.54) is 0 Å². The summed E-state index contributed by atoms with van der Waals surface area (Å²) in [5, 5.41) is 15.8. The number of halogens is 1. The second-order valence-electron chi connectivity index (χ2n) is 1.29. The lowest BCUT2D eigenvalue weighted by atomic mass is 10.3. The van der Waals surface area contributed by atoms with Crippen LogP contribution >= 0.6 is 24.0 Å². The van der Waals surface area contributed by atoms with Gasteiger partial charge in [-0.15, -0.1) is 24.0 Å². The lowest BCUT2D eigenvalue weighted by Gasteiger charge is -1.85. The van der Waals surface area contributed by atoms with Gasteiger partial charge in [0.1, 0.15) is 0 Å². The second kappa shape index (κ2) is 5.80. The molecule has 0 aromatic rings. The maximum absolute atomic E-state index is 9.64. The molecule has 0 bridgehead atoms. The maximum Gasteiger partial charge on any atom is 0.303 e. The van der Waals surface area contributed by atoms with Crippen LogP contribution in [0.1, 0.15) is 12.8 Å². The number of carboxylic acid groups (broad SMARTS) is 2. The Labute approximate surface area is 68.9 Å². The van der Waals surface area contributed by atoms with Gasteiger partial charge in [-0.2, -0.15) is 0 Å². The molecule has 0 saturated carbocycles. The Bertz CT molecular complexity index is 97.1. The quantitative estimate of drug-likeness (QED) is 0.713. The summed E-state index contributed by atoms with van der Waals surface area (Å²) in [6, 6.07) is 0. The molecule has 9 heavy (non-hydrogen) atoms. The van der Waals surface area contributed by atoms with E-state index >= 15 is 0 Å². The molecule has 0 aromatic carbocycles. The first-order valence-corrected chi connectivity index (χ1v) is 2.06. The fourth-order valence-corrected chi connectivity index (χ4v) is 0.214. The Morgan fingerprint density at radius 3 is 1.33 bits per heavy atom. The van der Waals surface area contributed by atoms with Gasteiger partial charge >= 0.3 is 11.9 Å². The predicted octanol–water partition coefficient (Wildman–Crippen LogP) is 0.554. The van der Waals surface area contributed by atoms with Crippen molar-refractivity contribution in [3.05, 3.63) is 0 Å². The molecule has 0 aromatic heterocycles. The summed E-state index contributed by atoms with van der Waals surface area (Å²) in [5.74, 6) is -2.15. The zero-order valence-corrected chi connectivity index (χ0v) is 6.86. The van der Waals surface area contributed by atoms with Crippen molar-refractivity contribution in [1.82, 2.24) is 0 Å². The van der Waals surface area contributed by atoms with Gasteiger partial charge in [0.25, 0.3) is 0 Å². The average Bonchev–Trinajstić information content (AvgIpc) is 1.61. The third-order valence-electron chi connectivity index (χ3n) is 0.553. The first-order valence-electron chi connectivity index (χ1n) is 2.06. The molecule has 4 nitrogen and oxygen atoms in total. The van der Waals surface area contributed by atoms with Crippen molar-refractivity contribution in [3.8, 4) is 0 Å². The molecule has 0 radical (unpaired) electrons. The van der Waals surface area contributed by atoms with Gasteiger partial charge in [0.15, 0.2) is 0 Å². The smallest absolute Gasteiger partial charge is 0.303 e. The molecule has 0 atom stereocenters. The number of carbonyl (C=O) groups is 2. The summed E-state index contributed by atoms with van der Waals surface area (Å²) in [5.41, 5.74) is 0. The third-order valence-corrected chi connectivity index (χ3v) is 0.553. The highest BCUT2D eigenvalue weighted by Crippen LogP contribution is 1.85. The van der Waals surface area contributed by atoms with E-state index in [0.29, 0.717) is 0 Å². The standard InChI is InChI=1S/C4H6O4.HI/c5-3(6)1-2-4(7)8;/h1-2H2,(H,5,6)(H,7,8);1H. The molecule has 5 heteroatoms. The molecule has 0 saturated heterocycles. The number of hydrogen-bond acceptors (Lipinski definition) is 2. The van der Waals surface area contributed by atoms with Gasteiger partial charge in [-0.3, -0.25) is 9.59 Å². The highest BCUT2D eigenvalue weighted by Gasteiger charge is 2.00. The summed E-state index contributed by atoms with van der Waals surface area (Å²) in [6.07, 6.45) is -0.593. The van der Waals surface area contributed by atoms with Crippen LogP contribution in [0.4, 0.5) is 0 Å². The lowest BCUT2D eigenvalue weighted by molar-refractivity contribution is -0.143. The van der Waals surface area contributed by atoms with E-state index in [1.54, 1.807) is 0 Å². The fraction of sp³-hybridized carbons (Fsp3) is 0.500. The second-order valence-corrected chi connectivity index (χ2v) is 1.29. The van der Waals surface area contributed by atoms with Crippen molar-refractivity contribution in [1.29, 1.82) is 0 Å². The van der Waals surface area contributed by atoms with Gasteiger partial charge in [0.05, 0.1) is 12.8 Å². The highest BCUT2D eigenvalue weighted by atomic mass is 127. The van der Waals surface area contributed by atoms with Crippen LogP contribution in [0, 0.1) is 0 Å². The molecule has 0 rings (SSSR count). The highest BCUT2D eigenvalue weighted by molar-refractivity contribution is 14.0. The summed E-state index contributed by atoms with van der Waals surface area (Å²) < 4.78 is 0. The van der Waals surface area contributed by atoms with Crippen molar-refractivity contribution < 1.29 is 19.8 Å². The van der Waals surface area contributed by atoms with Gasteiger partial charge in [0.2, 0.25) is 0 Å².